The van der Waals surface area contributed by atoms with Crippen molar-refractivity contribution < 1.29 is 24.2 Å². The largest absolute Gasteiger partial charge is 0.507 e. The van der Waals surface area contributed by atoms with Gasteiger partial charge in [-0.15, -0.1) is 0 Å². The number of likely N-dealkylation sites (tertiary alicyclic amines) is 1. The summed E-state index contributed by atoms with van der Waals surface area (Å²) in [4.78, 5) is 31.7. The predicted octanol–water partition coefficient (Wildman–Crippen LogP) is 3.72. The highest BCUT2D eigenvalue weighted by molar-refractivity contribution is 6.46. The first kappa shape index (κ1) is 21.1. The number of hydrogen-bond acceptors (Lipinski definition) is 6. The fourth-order valence-electron chi connectivity index (χ4n) is 3.85. The molecule has 1 amide bonds. The summed E-state index contributed by atoms with van der Waals surface area (Å²) in [7, 11) is 2.98. The van der Waals surface area contributed by atoms with E-state index in [2.05, 4.69) is 4.98 Å². The van der Waals surface area contributed by atoms with Gasteiger partial charge in [0.25, 0.3) is 11.7 Å². The molecule has 1 aliphatic rings. The van der Waals surface area contributed by atoms with E-state index in [4.69, 9.17) is 9.47 Å². The number of methoxy groups -OCH3 is 2. The number of aromatic nitrogens is 1. The lowest BCUT2D eigenvalue weighted by Gasteiger charge is -2.25. The Morgan fingerprint density at radius 3 is 2.47 bits per heavy atom. The summed E-state index contributed by atoms with van der Waals surface area (Å²) in [5.74, 6) is -0.873. The summed E-state index contributed by atoms with van der Waals surface area (Å²) in [5.41, 5.74) is 1.80. The number of hydrogen-bond donors (Lipinski definition) is 1. The zero-order valence-electron chi connectivity index (χ0n) is 17.7. The van der Waals surface area contributed by atoms with E-state index in [1.54, 1.807) is 36.7 Å². The normalized spacial score (nSPS) is 17.4. The minimum Gasteiger partial charge on any atom is -0.507 e. The number of benzene rings is 2. The first-order valence-electron chi connectivity index (χ1n) is 9.99. The molecule has 0 unspecified atom stereocenters. The van der Waals surface area contributed by atoms with E-state index in [1.165, 1.54) is 19.1 Å². The quantitative estimate of drug-likeness (QED) is 0.364. The number of nitrogens with zero attached hydrogens (tertiary/aromatic N) is 2. The Morgan fingerprint density at radius 2 is 1.81 bits per heavy atom. The summed E-state index contributed by atoms with van der Waals surface area (Å²) in [6, 6.07) is 16.9. The average Bonchev–Trinajstić information content (AvgIpc) is 3.09. The number of ketones is 1. The fraction of sp³-hybridized carbons (Fsp3) is 0.160. The number of carbonyl (C=O) groups is 2. The van der Waals surface area contributed by atoms with Crippen LogP contribution in [-0.2, 0) is 16.1 Å². The molecule has 1 fully saturated rings. The van der Waals surface area contributed by atoms with Gasteiger partial charge in [-0.1, -0.05) is 36.4 Å². The van der Waals surface area contributed by atoms with Crippen LogP contribution in [0.4, 0.5) is 0 Å². The second-order valence-electron chi connectivity index (χ2n) is 7.27. The Bertz CT molecular complexity index is 1180. The number of aliphatic hydroxyl groups excluding tert-OH is 1. The van der Waals surface area contributed by atoms with E-state index in [0.29, 0.717) is 22.6 Å². The molecule has 7 nitrogen and oxygen atoms in total. The van der Waals surface area contributed by atoms with E-state index >= 15 is 0 Å². The molecular formula is C25H22N2O5. The molecule has 7 heteroatoms. The molecule has 3 aromatic rings. The maximum Gasteiger partial charge on any atom is 0.295 e. The molecule has 0 saturated carbocycles. The fourth-order valence-corrected chi connectivity index (χ4v) is 3.85. The van der Waals surface area contributed by atoms with Crippen molar-refractivity contribution in [1.29, 1.82) is 0 Å². The molecule has 0 radical (unpaired) electrons. The van der Waals surface area contributed by atoms with Crippen LogP contribution in [-0.4, -0.2) is 40.9 Å². The standard InChI is InChI=1S/C25H22N2O5/c1-31-18-10-11-19(20(13-18)32-2)23(28)21-22(17-8-4-3-5-9-17)27(25(30)24(21)29)15-16-7-6-12-26-14-16/h3-14,22,28H,15H2,1-2H3/t22-/m0/s1. The number of aliphatic hydroxyl groups is 1. The highest BCUT2D eigenvalue weighted by atomic mass is 16.5. The lowest BCUT2D eigenvalue weighted by atomic mass is 9.95. The number of Topliss-reactive ketones (excluding diaryl/α,β-unsaturated/α-hetero) is 1. The predicted molar refractivity (Wildman–Crippen MR) is 118 cm³/mol. The van der Waals surface area contributed by atoms with Gasteiger partial charge >= 0.3 is 0 Å². The number of pyridine rings is 1. The van der Waals surface area contributed by atoms with Crippen LogP contribution in [0, 0.1) is 0 Å². The highest BCUT2D eigenvalue weighted by Gasteiger charge is 2.46. The van der Waals surface area contributed by atoms with Gasteiger partial charge in [-0.25, -0.2) is 0 Å². The molecule has 2 heterocycles. The molecular weight excluding hydrogens is 408 g/mol. The molecule has 1 atom stereocenters. The summed E-state index contributed by atoms with van der Waals surface area (Å²) in [5, 5.41) is 11.2. The van der Waals surface area contributed by atoms with Gasteiger partial charge in [-0.05, 0) is 29.3 Å². The van der Waals surface area contributed by atoms with Crippen LogP contribution in [0.2, 0.25) is 0 Å². The van der Waals surface area contributed by atoms with Crippen molar-refractivity contribution in [1.82, 2.24) is 9.88 Å². The van der Waals surface area contributed by atoms with Crippen LogP contribution in [0.25, 0.3) is 5.76 Å². The van der Waals surface area contributed by atoms with Crippen LogP contribution >= 0.6 is 0 Å². The minimum atomic E-state index is -0.761. The first-order chi connectivity index (χ1) is 15.5. The zero-order valence-corrected chi connectivity index (χ0v) is 17.7. The highest BCUT2D eigenvalue weighted by Crippen LogP contribution is 2.42. The lowest BCUT2D eigenvalue weighted by Crippen LogP contribution is -2.29. The van der Waals surface area contributed by atoms with Gasteiger partial charge in [0.15, 0.2) is 0 Å². The van der Waals surface area contributed by atoms with Crippen LogP contribution in [0.3, 0.4) is 0 Å². The number of rotatable bonds is 6. The van der Waals surface area contributed by atoms with Crippen LogP contribution in [0.5, 0.6) is 11.5 Å². The average molecular weight is 430 g/mol. The number of amides is 1. The summed E-state index contributed by atoms with van der Waals surface area (Å²) in [6.07, 6.45) is 3.29. The zero-order chi connectivity index (χ0) is 22.7. The molecule has 0 bridgehead atoms. The minimum absolute atomic E-state index is 0.00792. The van der Waals surface area contributed by atoms with E-state index in [1.807, 2.05) is 36.4 Å². The molecule has 1 saturated heterocycles. The van der Waals surface area contributed by atoms with Crippen LogP contribution in [0.1, 0.15) is 22.7 Å². The SMILES string of the molecule is COc1ccc(C(O)=C2C(=O)C(=O)N(Cc3cccnc3)[C@H]2c2ccccc2)c(OC)c1. The summed E-state index contributed by atoms with van der Waals surface area (Å²) < 4.78 is 10.6. The summed E-state index contributed by atoms with van der Waals surface area (Å²) in [6.45, 7) is 0.175. The van der Waals surface area contributed by atoms with E-state index in [9.17, 15) is 14.7 Å². The van der Waals surface area contributed by atoms with Gasteiger partial charge in [0.1, 0.15) is 17.3 Å². The van der Waals surface area contributed by atoms with Gasteiger partial charge in [0.05, 0.1) is 31.4 Å². The second kappa shape index (κ2) is 8.93. The lowest BCUT2D eigenvalue weighted by molar-refractivity contribution is -0.140. The third kappa shape index (κ3) is 3.80. The van der Waals surface area contributed by atoms with Gasteiger partial charge in [0.2, 0.25) is 0 Å². The Kier molecular flexibility index (Phi) is 5.89. The summed E-state index contributed by atoms with van der Waals surface area (Å²) >= 11 is 0. The Hall–Kier alpha value is -4.13. The monoisotopic (exact) mass is 430 g/mol. The van der Waals surface area contributed by atoms with Crippen molar-refractivity contribution in [2.45, 2.75) is 12.6 Å². The Balaban J connectivity index is 1.88. The molecule has 0 spiro atoms. The first-order valence-corrected chi connectivity index (χ1v) is 9.99. The van der Waals surface area contributed by atoms with Crippen LogP contribution < -0.4 is 9.47 Å². The van der Waals surface area contributed by atoms with Crippen molar-refractivity contribution in [2.24, 2.45) is 0 Å². The third-order valence-electron chi connectivity index (χ3n) is 5.39. The third-order valence-corrected chi connectivity index (χ3v) is 5.39. The Morgan fingerprint density at radius 1 is 1.03 bits per heavy atom. The molecule has 2 aromatic carbocycles. The topological polar surface area (TPSA) is 89.0 Å². The Labute approximate surface area is 185 Å². The molecule has 1 aromatic heterocycles. The van der Waals surface area contributed by atoms with Crippen LogP contribution in [0.15, 0.2) is 78.6 Å². The smallest absolute Gasteiger partial charge is 0.295 e. The van der Waals surface area contributed by atoms with E-state index in [0.717, 1.165) is 5.56 Å². The van der Waals surface area contributed by atoms with E-state index < -0.39 is 17.7 Å². The molecule has 32 heavy (non-hydrogen) atoms. The molecule has 1 aliphatic heterocycles. The van der Waals surface area contributed by atoms with Gasteiger partial charge in [-0.2, -0.15) is 0 Å². The van der Waals surface area contributed by atoms with Crippen molar-refractivity contribution in [3.8, 4) is 11.5 Å². The maximum absolute atomic E-state index is 13.1. The van der Waals surface area contributed by atoms with Crippen molar-refractivity contribution in [2.75, 3.05) is 14.2 Å². The molecule has 1 N–H and O–H groups in total. The molecule has 0 aliphatic carbocycles. The van der Waals surface area contributed by atoms with E-state index in [-0.39, 0.29) is 17.9 Å². The second-order valence-corrected chi connectivity index (χ2v) is 7.27. The maximum atomic E-state index is 13.1. The number of ether oxygens (including phenoxy) is 2. The van der Waals surface area contributed by atoms with Crippen molar-refractivity contribution >= 4 is 17.4 Å². The number of carbonyl (C=O) groups excluding carboxylic acids is 2. The molecule has 162 valence electrons. The van der Waals surface area contributed by atoms with Crippen molar-refractivity contribution in [3.63, 3.8) is 0 Å². The van der Waals surface area contributed by atoms with Gasteiger partial charge < -0.3 is 19.5 Å². The molecule has 4 rings (SSSR count). The van der Waals surface area contributed by atoms with Crippen molar-refractivity contribution in [3.05, 3.63) is 95.3 Å². The van der Waals surface area contributed by atoms with Gasteiger partial charge in [0, 0.05) is 25.0 Å². The van der Waals surface area contributed by atoms with Gasteiger partial charge in [-0.3, -0.25) is 14.6 Å².